The molecule has 0 amide bonds. The fraction of sp³-hybridized carbons (Fsp3) is 0.368. The number of nitrogens with one attached hydrogen (secondary N) is 1. The summed E-state index contributed by atoms with van der Waals surface area (Å²) >= 11 is 0. The molecule has 1 fully saturated rings. The van der Waals surface area contributed by atoms with Gasteiger partial charge in [0.1, 0.15) is 5.75 Å². The number of hydrogen-bond acceptors (Lipinski definition) is 5. The number of ether oxygens (including phenoxy) is 2. The van der Waals surface area contributed by atoms with Crippen molar-refractivity contribution in [1.82, 2.24) is 10.2 Å². The van der Waals surface area contributed by atoms with E-state index in [0.29, 0.717) is 5.75 Å². The SMILES string of the molecule is COc1cc([C@H](c2ccc(OC(F)(F)F)cc2)N2CCNCC2)ccc1O. The Kier molecular flexibility index (Phi) is 5.76. The Morgan fingerprint density at radius 2 is 1.67 bits per heavy atom. The third-order valence-electron chi connectivity index (χ3n) is 4.47. The zero-order valence-electron chi connectivity index (χ0n) is 14.8. The lowest BCUT2D eigenvalue weighted by Gasteiger charge is -2.35. The molecule has 1 aliphatic heterocycles. The number of nitrogens with zero attached hydrogens (tertiary/aromatic N) is 1. The molecule has 2 N–H and O–H groups in total. The number of halogens is 3. The number of phenols is 1. The van der Waals surface area contributed by atoms with E-state index in [9.17, 15) is 18.3 Å². The molecule has 1 aliphatic rings. The molecule has 5 nitrogen and oxygen atoms in total. The number of phenolic OH excluding ortho intramolecular Hbond substituents is 1. The summed E-state index contributed by atoms with van der Waals surface area (Å²) in [5.41, 5.74) is 1.72. The van der Waals surface area contributed by atoms with Gasteiger partial charge in [-0.1, -0.05) is 18.2 Å². The van der Waals surface area contributed by atoms with Crippen LogP contribution in [-0.4, -0.2) is 49.7 Å². The Hall–Kier alpha value is -2.45. The van der Waals surface area contributed by atoms with Gasteiger partial charge in [0.25, 0.3) is 0 Å². The van der Waals surface area contributed by atoms with Gasteiger partial charge in [0.05, 0.1) is 13.2 Å². The normalized spacial score (nSPS) is 16.7. The van der Waals surface area contributed by atoms with Crippen molar-refractivity contribution in [3.8, 4) is 17.2 Å². The van der Waals surface area contributed by atoms with Gasteiger partial charge in [-0.3, -0.25) is 4.90 Å². The molecule has 0 radical (unpaired) electrons. The second-order valence-corrected chi connectivity index (χ2v) is 6.24. The predicted octanol–water partition coefficient (Wildman–Crippen LogP) is 3.29. The smallest absolute Gasteiger partial charge is 0.504 e. The molecule has 0 unspecified atom stereocenters. The van der Waals surface area contributed by atoms with E-state index in [0.717, 1.165) is 37.3 Å². The Morgan fingerprint density at radius 3 is 2.26 bits per heavy atom. The van der Waals surface area contributed by atoms with Crippen LogP contribution in [0.15, 0.2) is 42.5 Å². The molecule has 0 aliphatic carbocycles. The monoisotopic (exact) mass is 382 g/mol. The van der Waals surface area contributed by atoms with E-state index in [1.165, 1.54) is 19.2 Å². The maximum atomic E-state index is 12.4. The van der Waals surface area contributed by atoms with Crippen LogP contribution in [0.3, 0.4) is 0 Å². The Bertz CT molecular complexity index is 760. The van der Waals surface area contributed by atoms with Crippen molar-refractivity contribution in [2.75, 3.05) is 33.3 Å². The number of hydrogen-bond donors (Lipinski definition) is 2. The molecular formula is C19H21F3N2O3. The lowest BCUT2D eigenvalue weighted by atomic mass is 9.96. The zero-order valence-corrected chi connectivity index (χ0v) is 14.8. The highest BCUT2D eigenvalue weighted by Gasteiger charge is 2.31. The summed E-state index contributed by atoms with van der Waals surface area (Å²) in [5.74, 6) is 0.132. The summed E-state index contributed by atoms with van der Waals surface area (Å²) in [6.45, 7) is 3.21. The summed E-state index contributed by atoms with van der Waals surface area (Å²) in [4.78, 5) is 2.24. The van der Waals surface area contributed by atoms with Gasteiger partial charge in [-0.2, -0.15) is 0 Å². The number of piperazine rings is 1. The van der Waals surface area contributed by atoms with E-state index in [-0.39, 0.29) is 17.5 Å². The van der Waals surface area contributed by atoms with Gasteiger partial charge in [-0.25, -0.2) is 0 Å². The Balaban J connectivity index is 1.95. The van der Waals surface area contributed by atoms with Crippen molar-refractivity contribution >= 4 is 0 Å². The van der Waals surface area contributed by atoms with Gasteiger partial charge < -0.3 is 19.9 Å². The predicted molar refractivity (Wildman–Crippen MR) is 94.1 cm³/mol. The van der Waals surface area contributed by atoms with Crippen molar-refractivity contribution in [3.63, 3.8) is 0 Å². The molecular weight excluding hydrogens is 361 g/mol. The summed E-state index contributed by atoms with van der Waals surface area (Å²) in [6.07, 6.45) is -4.72. The standard InChI is InChI=1S/C19H21F3N2O3/c1-26-17-12-14(4-7-16(17)25)18(24-10-8-23-9-11-24)13-2-5-15(6-3-13)27-19(20,21)22/h2-7,12,18,23,25H,8-11H2,1H3/t18-/m0/s1. The van der Waals surface area contributed by atoms with E-state index >= 15 is 0 Å². The van der Waals surface area contributed by atoms with Crippen LogP contribution in [-0.2, 0) is 0 Å². The third kappa shape index (κ3) is 4.84. The average molecular weight is 382 g/mol. The first kappa shape index (κ1) is 19.3. The van der Waals surface area contributed by atoms with E-state index in [1.807, 2.05) is 0 Å². The van der Waals surface area contributed by atoms with Crippen LogP contribution in [0.5, 0.6) is 17.2 Å². The number of benzene rings is 2. The largest absolute Gasteiger partial charge is 0.573 e. The first-order chi connectivity index (χ1) is 12.9. The van der Waals surface area contributed by atoms with Crippen molar-refractivity contribution < 1.29 is 27.8 Å². The van der Waals surface area contributed by atoms with Crippen LogP contribution in [0.25, 0.3) is 0 Å². The van der Waals surface area contributed by atoms with Crippen LogP contribution < -0.4 is 14.8 Å². The molecule has 1 heterocycles. The highest BCUT2D eigenvalue weighted by Crippen LogP contribution is 2.35. The van der Waals surface area contributed by atoms with E-state index in [4.69, 9.17) is 4.74 Å². The van der Waals surface area contributed by atoms with Crippen LogP contribution in [0.4, 0.5) is 13.2 Å². The van der Waals surface area contributed by atoms with Crippen molar-refractivity contribution in [2.45, 2.75) is 12.4 Å². The fourth-order valence-electron chi connectivity index (χ4n) is 3.27. The van der Waals surface area contributed by atoms with Gasteiger partial charge in [0.15, 0.2) is 11.5 Å². The molecule has 0 spiro atoms. The quantitative estimate of drug-likeness (QED) is 0.831. The van der Waals surface area contributed by atoms with Crippen LogP contribution >= 0.6 is 0 Å². The topological polar surface area (TPSA) is 54.0 Å². The average Bonchev–Trinajstić information content (AvgIpc) is 2.64. The second kappa shape index (κ2) is 8.06. The van der Waals surface area contributed by atoms with Gasteiger partial charge in [0.2, 0.25) is 0 Å². The fourth-order valence-corrected chi connectivity index (χ4v) is 3.27. The van der Waals surface area contributed by atoms with Crippen molar-refractivity contribution in [2.24, 2.45) is 0 Å². The molecule has 0 bridgehead atoms. The van der Waals surface area contributed by atoms with Crippen molar-refractivity contribution in [1.29, 1.82) is 0 Å². The highest BCUT2D eigenvalue weighted by atomic mass is 19.4. The van der Waals surface area contributed by atoms with E-state index in [1.54, 1.807) is 30.3 Å². The summed E-state index contributed by atoms with van der Waals surface area (Å²) in [6, 6.07) is 10.8. The maximum Gasteiger partial charge on any atom is 0.573 e. The van der Waals surface area contributed by atoms with Crippen LogP contribution in [0, 0.1) is 0 Å². The second-order valence-electron chi connectivity index (χ2n) is 6.24. The molecule has 8 heteroatoms. The Labute approximate surface area is 155 Å². The number of methoxy groups -OCH3 is 1. The van der Waals surface area contributed by atoms with Crippen LogP contribution in [0.1, 0.15) is 17.2 Å². The Morgan fingerprint density at radius 1 is 1.04 bits per heavy atom. The highest BCUT2D eigenvalue weighted by molar-refractivity contribution is 5.45. The zero-order chi connectivity index (χ0) is 19.4. The maximum absolute atomic E-state index is 12.4. The summed E-state index contributed by atoms with van der Waals surface area (Å²) < 4.78 is 46.4. The third-order valence-corrected chi connectivity index (χ3v) is 4.47. The molecule has 27 heavy (non-hydrogen) atoms. The minimum absolute atomic E-state index is 0.0363. The first-order valence-electron chi connectivity index (χ1n) is 8.55. The van der Waals surface area contributed by atoms with Crippen molar-refractivity contribution in [3.05, 3.63) is 53.6 Å². The van der Waals surface area contributed by atoms with E-state index in [2.05, 4.69) is 15.0 Å². The van der Waals surface area contributed by atoms with Crippen LogP contribution in [0.2, 0.25) is 0 Å². The lowest BCUT2D eigenvalue weighted by molar-refractivity contribution is -0.274. The van der Waals surface area contributed by atoms with Gasteiger partial charge in [0, 0.05) is 26.2 Å². The minimum atomic E-state index is -4.72. The molecule has 2 aromatic rings. The first-order valence-corrected chi connectivity index (χ1v) is 8.55. The number of alkyl halides is 3. The number of aromatic hydroxyl groups is 1. The molecule has 0 aromatic heterocycles. The summed E-state index contributed by atoms with van der Waals surface area (Å²) in [5, 5.41) is 13.2. The molecule has 0 saturated carbocycles. The van der Waals surface area contributed by atoms with Gasteiger partial charge in [-0.15, -0.1) is 13.2 Å². The minimum Gasteiger partial charge on any atom is -0.504 e. The van der Waals surface area contributed by atoms with E-state index < -0.39 is 6.36 Å². The molecule has 2 aromatic carbocycles. The lowest BCUT2D eigenvalue weighted by Crippen LogP contribution is -2.45. The molecule has 1 atom stereocenters. The molecule has 146 valence electrons. The van der Waals surface area contributed by atoms with Gasteiger partial charge >= 0.3 is 6.36 Å². The summed E-state index contributed by atoms with van der Waals surface area (Å²) in [7, 11) is 1.47. The molecule has 1 saturated heterocycles. The van der Waals surface area contributed by atoms with Gasteiger partial charge in [-0.05, 0) is 35.4 Å². The molecule has 3 rings (SSSR count). The number of rotatable bonds is 5.